The highest BCUT2D eigenvalue weighted by atomic mass is 32.2. The zero-order chi connectivity index (χ0) is 17.5. The van der Waals surface area contributed by atoms with Gasteiger partial charge in [-0.2, -0.15) is 4.72 Å². The first kappa shape index (κ1) is 19.7. The van der Waals surface area contributed by atoms with Gasteiger partial charge in [-0.25, -0.2) is 8.42 Å². The lowest BCUT2D eigenvalue weighted by Crippen LogP contribution is -2.37. The fourth-order valence-electron chi connectivity index (χ4n) is 2.38. The molecule has 0 aliphatic rings. The van der Waals surface area contributed by atoms with Gasteiger partial charge in [0.15, 0.2) is 0 Å². The first-order chi connectivity index (χ1) is 10.8. The zero-order valence-corrected chi connectivity index (χ0v) is 15.6. The Hall–Kier alpha value is -1.35. The Morgan fingerprint density at radius 1 is 1.13 bits per heavy atom. The van der Waals surface area contributed by atoms with Crippen molar-refractivity contribution >= 4 is 10.0 Å². The summed E-state index contributed by atoms with van der Waals surface area (Å²) in [6, 6.07) is 6.94. The van der Waals surface area contributed by atoms with Crippen molar-refractivity contribution in [2.75, 3.05) is 19.6 Å². The predicted molar refractivity (Wildman–Crippen MR) is 95.7 cm³/mol. The van der Waals surface area contributed by atoms with E-state index in [1.165, 1.54) is 0 Å². The molecule has 0 fully saturated rings. The Balaban J connectivity index is 2.73. The van der Waals surface area contributed by atoms with Gasteiger partial charge >= 0.3 is 0 Å². The van der Waals surface area contributed by atoms with Crippen molar-refractivity contribution in [3.63, 3.8) is 0 Å². The molecule has 1 atom stereocenters. The van der Waals surface area contributed by atoms with Gasteiger partial charge < -0.3 is 0 Å². The molecule has 128 valence electrons. The highest BCUT2D eigenvalue weighted by Gasteiger charge is 2.16. The second kappa shape index (κ2) is 9.07. The van der Waals surface area contributed by atoms with Gasteiger partial charge in [0.05, 0.1) is 17.5 Å². The third-order valence-corrected chi connectivity index (χ3v) is 5.19. The molecule has 0 spiro atoms. The lowest BCUT2D eigenvalue weighted by Gasteiger charge is -2.28. The summed E-state index contributed by atoms with van der Waals surface area (Å²) in [7, 11) is -3.49. The molecular formula is C18H28N2O2S. The molecule has 1 N–H and O–H groups in total. The third-order valence-electron chi connectivity index (χ3n) is 3.77. The van der Waals surface area contributed by atoms with Gasteiger partial charge in [-0.05, 0) is 38.1 Å². The molecule has 1 unspecified atom stereocenters. The summed E-state index contributed by atoms with van der Waals surface area (Å²) in [5.74, 6) is 6.57. The molecule has 0 bridgehead atoms. The van der Waals surface area contributed by atoms with Crippen molar-refractivity contribution in [2.24, 2.45) is 5.92 Å². The lowest BCUT2D eigenvalue weighted by molar-refractivity contribution is 0.217. The SMILES string of the molecule is CCN(CC)C(C#CCNS(=O)(=O)c1ccc(C)cc1)C(C)C. The van der Waals surface area contributed by atoms with Crippen molar-refractivity contribution in [1.82, 2.24) is 9.62 Å². The monoisotopic (exact) mass is 336 g/mol. The van der Waals surface area contributed by atoms with E-state index in [9.17, 15) is 8.42 Å². The lowest BCUT2D eigenvalue weighted by atomic mass is 10.0. The van der Waals surface area contributed by atoms with Crippen LogP contribution in [-0.4, -0.2) is 39.0 Å². The minimum Gasteiger partial charge on any atom is -0.290 e. The van der Waals surface area contributed by atoms with Crippen LogP contribution >= 0.6 is 0 Å². The molecule has 0 saturated heterocycles. The Morgan fingerprint density at radius 2 is 1.70 bits per heavy atom. The normalized spacial score (nSPS) is 13.0. The maximum Gasteiger partial charge on any atom is 0.241 e. The average molecular weight is 337 g/mol. The van der Waals surface area contributed by atoms with E-state index in [-0.39, 0.29) is 17.5 Å². The summed E-state index contributed by atoms with van der Waals surface area (Å²) in [4.78, 5) is 2.56. The number of benzene rings is 1. The molecule has 0 saturated carbocycles. The van der Waals surface area contributed by atoms with Gasteiger partial charge in [-0.1, -0.05) is 57.2 Å². The van der Waals surface area contributed by atoms with Crippen LogP contribution in [0.5, 0.6) is 0 Å². The minimum absolute atomic E-state index is 0.126. The van der Waals surface area contributed by atoms with Gasteiger partial charge in [0.2, 0.25) is 10.0 Å². The van der Waals surface area contributed by atoms with E-state index in [1.54, 1.807) is 24.3 Å². The minimum atomic E-state index is -3.49. The van der Waals surface area contributed by atoms with Crippen LogP contribution in [0.2, 0.25) is 0 Å². The van der Waals surface area contributed by atoms with E-state index in [4.69, 9.17) is 0 Å². The maximum absolute atomic E-state index is 12.2. The number of nitrogens with one attached hydrogen (secondary N) is 1. The van der Waals surface area contributed by atoms with Gasteiger partial charge in [-0.15, -0.1) is 0 Å². The molecule has 0 aromatic heterocycles. The second-order valence-corrected chi connectivity index (χ2v) is 7.64. The number of hydrogen-bond donors (Lipinski definition) is 1. The molecule has 1 aromatic carbocycles. The number of hydrogen-bond acceptors (Lipinski definition) is 3. The van der Waals surface area contributed by atoms with Crippen LogP contribution in [0.3, 0.4) is 0 Å². The quantitative estimate of drug-likeness (QED) is 0.779. The van der Waals surface area contributed by atoms with Gasteiger partial charge in [0.1, 0.15) is 0 Å². The van der Waals surface area contributed by atoms with E-state index in [1.807, 2.05) is 6.92 Å². The van der Waals surface area contributed by atoms with Crippen LogP contribution in [0.25, 0.3) is 0 Å². The third kappa shape index (κ3) is 5.98. The Labute approximate surface area is 141 Å². The molecule has 4 nitrogen and oxygen atoms in total. The Morgan fingerprint density at radius 3 is 2.17 bits per heavy atom. The highest BCUT2D eigenvalue weighted by Crippen LogP contribution is 2.10. The molecule has 0 aliphatic heterocycles. The van der Waals surface area contributed by atoms with Crippen LogP contribution in [0.4, 0.5) is 0 Å². The van der Waals surface area contributed by atoms with E-state index >= 15 is 0 Å². The summed E-state index contributed by atoms with van der Waals surface area (Å²) in [5, 5.41) is 0. The van der Waals surface area contributed by atoms with Crippen molar-refractivity contribution < 1.29 is 8.42 Å². The van der Waals surface area contributed by atoms with Crippen molar-refractivity contribution in [3.05, 3.63) is 29.8 Å². The van der Waals surface area contributed by atoms with Crippen molar-refractivity contribution in [3.8, 4) is 11.8 Å². The largest absolute Gasteiger partial charge is 0.290 e. The Bertz CT molecular complexity index is 636. The summed E-state index contributed by atoms with van der Waals surface area (Å²) >= 11 is 0. The van der Waals surface area contributed by atoms with E-state index in [0.29, 0.717) is 5.92 Å². The highest BCUT2D eigenvalue weighted by molar-refractivity contribution is 7.89. The average Bonchev–Trinajstić information content (AvgIpc) is 2.50. The van der Waals surface area contributed by atoms with Crippen molar-refractivity contribution in [2.45, 2.75) is 45.6 Å². The molecule has 0 heterocycles. The number of rotatable bonds is 7. The topological polar surface area (TPSA) is 49.4 Å². The summed E-state index contributed by atoms with van der Waals surface area (Å²) in [5.41, 5.74) is 1.03. The van der Waals surface area contributed by atoms with E-state index in [0.717, 1.165) is 18.7 Å². The van der Waals surface area contributed by atoms with Crippen LogP contribution in [0.1, 0.15) is 33.3 Å². The molecule has 0 aliphatic carbocycles. The molecular weight excluding hydrogens is 308 g/mol. The summed E-state index contributed by atoms with van der Waals surface area (Å²) < 4.78 is 26.9. The smallest absolute Gasteiger partial charge is 0.241 e. The predicted octanol–water partition coefficient (Wildman–Crippen LogP) is 2.64. The van der Waals surface area contributed by atoms with E-state index < -0.39 is 10.0 Å². The summed E-state index contributed by atoms with van der Waals surface area (Å²) in [6.07, 6.45) is 0. The van der Waals surface area contributed by atoms with Crippen LogP contribution < -0.4 is 4.72 Å². The second-order valence-electron chi connectivity index (χ2n) is 5.87. The fraction of sp³-hybridized carbons (Fsp3) is 0.556. The first-order valence-corrected chi connectivity index (χ1v) is 9.58. The number of aryl methyl sites for hydroxylation is 1. The molecule has 0 amide bonds. The molecule has 5 heteroatoms. The molecule has 0 radical (unpaired) electrons. The van der Waals surface area contributed by atoms with E-state index in [2.05, 4.69) is 49.2 Å². The molecule has 23 heavy (non-hydrogen) atoms. The van der Waals surface area contributed by atoms with Gasteiger partial charge in [-0.3, -0.25) is 4.90 Å². The number of nitrogens with zero attached hydrogens (tertiary/aromatic N) is 1. The molecule has 1 aromatic rings. The zero-order valence-electron chi connectivity index (χ0n) is 14.8. The van der Waals surface area contributed by atoms with Crippen molar-refractivity contribution in [1.29, 1.82) is 0 Å². The standard InChI is InChI=1S/C18H28N2O2S/c1-6-20(7-2)18(15(3)4)9-8-14-19-23(21,22)17-12-10-16(5)11-13-17/h10-13,15,18-19H,6-7,14H2,1-5H3. The fourth-order valence-corrected chi connectivity index (χ4v) is 3.31. The maximum atomic E-state index is 12.2. The Kier molecular flexibility index (Phi) is 7.77. The number of sulfonamides is 1. The van der Waals surface area contributed by atoms with Crippen LogP contribution in [0, 0.1) is 24.7 Å². The summed E-state index contributed by atoms with van der Waals surface area (Å²) in [6.45, 7) is 12.4. The molecule has 1 rings (SSSR count). The van der Waals surface area contributed by atoms with Crippen LogP contribution in [0.15, 0.2) is 29.2 Å². The van der Waals surface area contributed by atoms with Crippen LogP contribution in [-0.2, 0) is 10.0 Å². The first-order valence-electron chi connectivity index (χ1n) is 8.10. The van der Waals surface area contributed by atoms with Gasteiger partial charge in [0.25, 0.3) is 0 Å². The van der Waals surface area contributed by atoms with Gasteiger partial charge in [0, 0.05) is 0 Å².